The molecule has 1 aliphatic carbocycles. The van der Waals surface area contributed by atoms with E-state index in [1.54, 1.807) is 0 Å². The molecule has 0 unspecified atom stereocenters. The number of hydrogen-bond donors (Lipinski definition) is 1. The smallest absolute Gasteiger partial charge is 0.320 e. The zero-order valence-electron chi connectivity index (χ0n) is 16.1. The van der Waals surface area contributed by atoms with Crippen molar-refractivity contribution < 1.29 is 14.7 Å². The van der Waals surface area contributed by atoms with Crippen LogP contribution in [0.4, 0.5) is 0 Å². The molecule has 1 atom stereocenters. The van der Waals surface area contributed by atoms with Gasteiger partial charge in [0.25, 0.3) is 0 Å². The van der Waals surface area contributed by atoms with E-state index in [0.29, 0.717) is 18.9 Å². The van der Waals surface area contributed by atoms with Crippen molar-refractivity contribution in [3.63, 3.8) is 0 Å². The quantitative estimate of drug-likeness (QED) is 0.860. The number of pyridine rings is 1. The van der Waals surface area contributed by atoms with Crippen LogP contribution >= 0.6 is 0 Å². The number of rotatable bonds is 5. The maximum absolute atomic E-state index is 12.3. The molecule has 1 aromatic heterocycles. The molecule has 4 rings (SSSR count). The molecule has 6 nitrogen and oxygen atoms in total. The van der Waals surface area contributed by atoms with Crippen molar-refractivity contribution in [2.45, 2.75) is 58.0 Å². The van der Waals surface area contributed by atoms with Gasteiger partial charge in [0.1, 0.15) is 6.04 Å². The predicted octanol–water partition coefficient (Wildman–Crippen LogP) is 2.32. The van der Waals surface area contributed by atoms with Crippen LogP contribution in [0.1, 0.15) is 50.3 Å². The molecule has 3 fully saturated rings. The van der Waals surface area contributed by atoms with Gasteiger partial charge in [0.15, 0.2) is 0 Å². The summed E-state index contributed by atoms with van der Waals surface area (Å²) in [4.78, 5) is 32.8. The van der Waals surface area contributed by atoms with Gasteiger partial charge in [-0.05, 0) is 55.6 Å². The van der Waals surface area contributed by atoms with Gasteiger partial charge >= 0.3 is 5.97 Å². The molecule has 1 saturated carbocycles. The lowest BCUT2D eigenvalue weighted by atomic mass is 9.76. The van der Waals surface area contributed by atoms with E-state index < -0.39 is 12.0 Å². The summed E-state index contributed by atoms with van der Waals surface area (Å²) >= 11 is 0. The number of aryl methyl sites for hydroxylation is 1. The second-order valence-electron chi connectivity index (χ2n) is 8.57. The lowest BCUT2D eigenvalue weighted by Crippen LogP contribution is -2.44. The number of nitrogens with zero attached hydrogens (tertiary/aromatic N) is 3. The maximum atomic E-state index is 12.3. The summed E-state index contributed by atoms with van der Waals surface area (Å²) in [5.74, 6) is -0.161. The Morgan fingerprint density at radius 2 is 2.00 bits per heavy atom. The molecule has 3 heterocycles. The first-order valence-electron chi connectivity index (χ1n) is 10.2. The fourth-order valence-electron chi connectivity index (χ4n) is 4.67. The van der Waals surface area contributed by atoms with Crippen LogP contribution < -0.4 is 0 Å². The number of hydrogen-bond acceptors (Lipinski definition) is 4. The lowest BCUT2D eigenvalue weighted by Gasteiger charge is -2.39. The molecule has 0 bridgehead atoms. The highest BCUT2D eigenvalue weighted by Gasteiger charge is 2.49. The van der Waals surface area contributed by atoms with Crippen molar-refractivity contribution in [2.24, 2.45) is 11.3 Å². The summed E-state index contributed by atoms with van der Waals surface area (Å²) in [5, 5.41) is 9.75. The van der Waals surface area contributed by atoms with Crippen molar-refractivity contribution in [2.75, 3.05) is 19.6 Å². The minimum atomic E-state index is -0.742. The minimum Gasteiger partial charge on any atom is -0.480 e. The number of carbonyl (C=O) groups excluding carboxylic acids is 1. The van der Waals surface area contributed by atoms with Crippen molar-refractivity contribution >= 4 is 11.9 Å². The SMILES string of the molecule is CCc1ccc(CN2CC3(CCN(C(=O)C4CC4)CC3)C[C@H]2C(=O)O)nc1. The van der Waals surface area contributed by atoms with Gasteiger partial charge in [0, 0.05) is 38.3 Å². The fourth-order valence-corrected chi connectivity index (χ4v) is 4.67. The zero-order chi connectivity index (χ0) is 19.0. The van der Waals surface area contributed by atoms with Gasteiger partial charge in [-0.2, -0.15) is 0 Å². The summed E-state index contributed by atoms with van der Waals surface area (Å²) in [6.45, 7) is 5.01. The van der Waals surface area contributed by atoms with Crippen molar-refractivity contribution in [3.05, 3.63) is 29.6 Å². The van der Waals surface area contributed by atoms with Crippen molar-refractivity contribution in [3.8, 4) is 0 Å². The highest BCUT2D eigenvalue weighted by atomic mass is 16.4. The zero-order valence-corrected chi connectivity index (χ0v) is 16.1. The first kappa shape index (κ1) is 18.4. The third kappa shape index (κ3) is 3.86. The number of amides is 1. The van der Waals surface area contributed by atoms with E-state index in [0.717, 1.165) is 57.4 Å². The molecule has 1 aromatic rings. The van der Waals surface area contributed by atoms with Crippen LogP contribution in [0.15, 0.2) is 18.3 Å². The first-order valence-corrected chi connectivity index (χ1v) is 10.2. The Morgan fingerprint density at radius 1 is 1.26 bits per heavy atom. The van der Waals surface area contributed by atoms with Crippen molar-refractivity contribution in [1.29, 1.82) is 0 Å². The van der Waals surface area contributed by atoms with Crippen LogP contribution in [-0.2, 0) is 22.6 Å². The van der Waals surface area contributed by atoms with Gasteiger partial charge in [-0.1, -0.05) is 13.0 Å². The number of aromatic nitrogens is 1. The molecule has 1 amide bonds. The predicted molar refractivity (Wildman–Crippen MR) is 101 cm³/mol. The van der Waals surface area contributed by atoms with Crippen LogP contribution in [0.3, 0.4) is 0 Å². The summed E-state index contributed by atoms with van der Waals surface area (Å²) in [6, 6.07) is 3.63. The van der Waals surface area contributed by atoms with Gasteiger partial charge in [-0.3, -0.25) is 19.5 Å². The molecule has 3 aliphatic rings. The topological polar surface area (TPSA) is 73.7 Å². The number of carboxylic acids is 1. The third-order valence-electron chi connectivity index (χ3n) is 6.61. The van der Waals surface area contributed by atoms with E-state index >= 15 is 0 Å². The summed E-state index contributed by atoms with van der Waals surface area (Å²) < 4.78 is 0. The number of likely N-dealkylation sites (tertiary alicyclic amines) is 2. The normalized spacial score (nSPS) is 25.1. The molecule has 6 heteroatoms. The van der Waals surface area contributed by atoms with E-state index in [9.17, 15) is 14.7 Å². The Balaban J connectivity index is 1.42. The molecule has 0 aromatic carbocycles. The van der Waals surface area contributed by atoms with E-state index in [-0.39, 0.29) is 11.3 Å². The molecule has 27 heavy (non-hydrogen) atoms. The van der Waals surface area contributed by atoms with E-state index in [1.807, 2.05) is 17.2 Å². The monoisotopic (exact) mass is 371 g/mol. The molecule has 1 N–H and O–H groups in total. The number of piperidine rings is 1. The molecular weight excluding hydrogens is 342 g/mol. The second-order valence-corrected chi connectivity index (χ2v) is 8.57. The number of carboxylic acid groups (broad SMARTS) is 1. The van der Waals surface area contributed by atoms with Crippen LogP contribution in [-0.4, -0.2) is 57.4 Å². The highest BCUT2D eigenvalue weighted by molar-refractivity contribution is 5.81. The van der Waals surface area contributed by atoms with Gasteiger partial charge in [-0.25, -0.2) is 0 Å². The fraction of sp³-hybridized carbons (Fsp3) is 0.667. The first-order chi connectivity index (χ1) is 13.0. The van der Waals surface area contributed by atoms with Crippen LogP contribution in [0.25, 0.3) is 0 Å². The number of aliphatic carboxylic acids is 1. The summed E-state index contributed by atoms with van der Waals surface area (Å²) in [6.07, 6.45) is 7.42. The highest BCUT2D eigenvalue weighted by Crippen LogP contribution is 2.44. The second kappa shape index (κ2) is 7.23. The Morgan fingerprint density at radius 3 is 2.56 bits per heavy atom. The standard InChI is InChI=1S/C21H29N3O3/c1-2-15-3-6-17(22-12-15)13-24-14-21(11-18(24)20(26)27)7-9-23(10-8-21)19(25)16-4-5-16/h3,6,12,16,18H,2,4-5,7-11,13-14H2,1H3,(H,26,27)/t18-/m0/s1. The average Bonchev–Trinajstić information content (AvgIpc) is 3.46. The van der Waals surface area contributed by atoms with E-state index in [4.69, 9.17) is 0 Å². The third-order valence-corrected chi connectivity index (χ3v) is 6.61. The minimum absolute atomic E-state index is 0.0206. The van der Waals surface area contributed by atoms with Gasteiger partial charge < -0.3 is 10.0 Å². The van der Waals surface area contributed by atoms with Crippen molar-refractivity contribution in [1.82, 2.24) is 14.8 Å². The molecule has 146 valence electrons. The molecule has 2 saturated heterocycles. The molecular formula is C21H29N3O3. The molecule has 2 aliphatic heterocycles. The number of carbonyl (C=O) groups is 2. The summed E-state index contributed by atoms with van der Waals surface area (Å²) in [7, 11) is 0. The van der Waals surface area contributed by atoms with Crippen LogP contribution in [0, 0.1) is 11.3 Å². The lowest BCUT2D eigenvalue weighted by molar-refractivity contribution is -0.142. The Kier molecular flexibility index (Phi) is 4.93. The van der Waals surface area contributed by atoms with E-state index in [2.05, 4.69) is 22.9 Å². The molecule has 1 spiro atoms. The maximum Gasteiger partial charge on any atom is 0.320 e. The average molecular weight is 371 g/mol. The van der Waals surface area contributed by atoms with Crippen LogP contribution in [0.5, 0.6) is 0 Å². The van der Waals surface area contributed by atoms with Gasteiger partial charge in [-0.15, -0.1) is 0 Å². The Bertz CT molecular complexity index is 706. The Labute approximate surface area is 160 Å². The Hall–Kier alpha value is -1.95. The van der Waals surface area contributed by atoms with E-state index in [1.165, 1.54) is 5.56 Å². The largest absolute Gasteiger partial charge is 0.480 e. The molecule has 0 radical (unpaired) electrons. The summed E-state index contributed by atoms with van der Waals surface area (Å²) in [5.41, 5.74) is 2.14. The van der Waals surface area contributed by atoms with Gasteiger partial charge in [0.05, 0.1) is 5.69 Å². The van der Waals surface area contributed by atoms with Crippen LogP contribution in [0.2, 0.25) is 0 Å². The van der Waals surface area contributed by atoms with Gasteiger partial charge in [0.2, 0.25) is 5.91 Å².